The van der Waals surface area contributed by atoms with Gasteiger partial charge in [0.25, 0.3) is 0 Å². The molecule has 0 aromatic carbocycles. The van der Waals surface area contributed by atoms with Gasteiger partial charge in [-0.25, -0.2) is 0 Å². The van der Waals surface area contributed by atoms with Crippen LogP contribution in [0.15, 0.2) is 0 Å². The normalized spacial score (nSPS) is 38.7. The largest absolute Gasteiger partial charge is 0.396 e. The van der Waals surface area contributed by atoms with Gasteiger partial charge in [0, 0.05) is 25.6 Å². The maximum atomic E-state index is 11.5. The van der Waals surface area contributed by atoms with Gasteiger partial charge in [-0.3, -0.25) is 4.79 Å². The molecule has 0 bridgehead atoms. The predicted octanol–water partition coefficient (Wildman–Crippen LogP) is 0.0931. The van der Waals surface area contributed by atoms with E-state index in [9.17, 15) is 4.79 Å². The predicted molar refractivity (Wildman–Crippen MR) is 44.4 cm³/mol. The number of fused-ring (bicyclic) bond motifs is 1. The molecule has 1 N–H and O–H groups in total. The van der Waals surface area contributed by atoms with Gasteiger partial charge in [0.05, 0.1) is 0 Å². The molecule has 1 amide bonds. The number of aliphatic hydroxyl groups excluding tert-OH is 1. The number of piperidine rings is 1. The summed E-state index contributed by atoms with van der Waals surface area (Å²) >= 11 is 0. The van der Waals surface area contributed by atoms with Crippen molar-refractivity contribution in [2.45, 2.75) is 13.3 Å². The molecule has 1 heterocycles. The van der Waals surface area contributed by atoms with Crippen LogP contribution < -0.4 is 0 Å². The summed E-state index contributed by atoms with van der Waals surface area (Å²) in [6.07, 6.45) is 1.04. The van der Waals surface area contributed by atoms with Crippen molar-refractivity contribution in [3.05, 3.63) is 0 Å². The Labute approximate surface area is 72.4 Å². The number of carbonyl (C=O) groups is 1. The van der Waals surface area contributed by atoms with Crippen molar-refractivity contribution >= 4 is 5.91 Å². The SMILES string of the molecule is CCCN1CC2C(CO)C2C1=O. The molecule has 68 valence electrons. The molecule has 1 saturated heterocycles. The van der Waals surface area contributed by atoms with Crippen LogP contribution in [0.25, 0.3) is 0 Å². The monoisotopic (exact) mass is 169 g/mol. The zero-order valence-electron chi connectivity index (χ0n) is 7.36. The van der Waals surface area contributed by atoms with Crippen molar-refractivity contribution in [1.82, 2.24) is 4.90 Å². The first kappa shape index (κ1) is 8.05. The van der Waals surface area contributed by atoms with Crippen LogP contribution >= 0.6 is 0 Å². The molecular formula is C9H15NO2. The van der Waals surface area contributed by atoms with E-state index in [2.05, 4.69) is 6.92 Å². The highest BCUT2D eigenvalue weighted by Crippen LogP contribution is 2.51. The molecule has 3 heteroatoms. The third-order valence-corrected chi connectivity index (χ3v) is 3.06. The highest BCUT2D eigenvalue weighted by Gasteiger charge is 2.60. The number of aliphatic hydroxyl groups is 1. The Morgan fingerprint density at radius 3 is 2.83 bits per heavy atom. The Morgan fingerprint density at radius 2 is 2.42 bits per heavy atom. The lowest BCUT2D eigenvalue weighted by molar-refractivity contribution is -0.130. The van der Waals surface area contributed by atoms with Crippen molar-refractivity contribution in [3.8, 4) is 0 Å². The van der Waals surface area contributed by atoms with E-state index in [1.807, 2.05) is 4.90 Å². The van der Waals surface area contributed by atoms with E-state index in [0.717, 1.165) is 19.5 Å². The number of rotatable bonds is 3. The third kappa shape index (κ3) is 0.959. The zero-order valence-corrected chi connectivity index (χ0v) is 7.36. The summed E-state index contributed by atoms with van der Waals surface area (Å²) in [5, 5.41) is 8.88. The average molecular weight is 169 g/mol. The molecule has 12 heavy (non-hydrogen) atoms. The standard InChI is InChI=1S/C9H15NO2/c1-2-3-10-4-6-7(5-11)8(6)9(10)12/h6-8,11H,2-5H2,1H3. The summed E-state index contributed by atoms with van der Waals surface area (Å²) in [5.74, 6) is 1.24. The van der Waals surface area contributed by atoms with Crippen molar-refractivity contribution in [3.63, 3.8) is 0 Å². The smallest absolute Gasteiger partial charge is 0.226 e. The van der Waals surface area contributed by atoms with Crippen LogP contribution in [0.5, 0.6) is 0 Å². The molecule has 3 atom stereocenters. The van der Waals surface area contributed by atoms with Crippen molar-refractivity contribution in [2.75, 3.05) is 19.7 Å². The van der Waals surface area contributed by atoms with Gasteiger partial charge in [-0.15, -0.1) is 0 Å². The van der Waals surface area contributed by atoms with Gasteiger partial charge in [-0.05, 0) is 18.3 Å². The van der Waals surface area contributed by atoms with Gasteiger partial charge in [-0.1, -0.05) is 6.92 Å². The maximum absolute atomic E-state index is 11.5. The molecule has 0 spiro atoms. The van der Waals surface area contributed by atoms with E-state index in [0.29, 0.717) is 11.8 Å². The van der Waals surface area contributed by atoms with Gasteiger partial charge >= 0.3 is 0 Å². The van der Waals surface area contributed by atoms with E-state index < -0.39 is 0 Å². The van der Waals surface area contributed by atoms with Crippen molar-refractivity contribution in [1.29, 1.82) is 0 Å². The Hall–Kier alpha value is -0.570. The van der Waals surface area contributed by atoms with E-state index >= 15 is 0 Å². The van der Waals surface area contributed by atoms with Gasteiger partial charge in [0.2, 0.25) is 5.91 Å². The quantitative estimate of drug-likeness (QED) is 0.650. The number of carbonyl (C=O) groups excluding carboxylic acids is 1. The Bertz CT molecular complexity index is 201. The van der Waals surface area contributed by atoms with Gasteiger partial charge in [0.1, 0.15) is 0 Å². The third-order valence-electron chi connectivity index (χ3n) is 3.06. The summed E-state index contributed by atoms with van der Waals surface area (Å²) in [4.78, 5) is 13.5. The first-order valence-corrected chi connectivity index (χ1v) is 4.69. The highest BCUT2D eigenvalue weighted by molar-refractivity contribution is 5.85. The summed E-state index contributed by atoms with van der Waals surface area (Å²) in [5.41, 5.74) is 0. The minimum absolute atomic E-state index is 0.182. The molecular weight excluding hydrogens is 154 g/mol. The number of hydrogen-bond acceptors (Lipinski definition) is 2. The molecule has 1 aliphatic heterocycles. The second-order valence-corrected chi connectivity index (χ2v) is 3.82. The van der Waals surface area contributed by atoms with Crippen molar-refractivity contribution < 1.29 is 9.90 Å². The molecule has 1 saturated carbocycles. The van der Waals surface area contributed by atoms with E-state index in [1.165, 1.54) is 0 Å². The summed E-state index contributed by atoms with van der Waals surface area (Å²) < 4.78 is 0. The fourth-order valence-corrected chi connectivity index (χ4v) is 2.34. The molecule has 2 aliphatic rings. The number of amides is 1. The fraction of sp³-hybridized carbons (Fsp3) is 0.889. The lowest BCUT2D eigenvalue weighted by Gasteiger charge is -2.18. The number of hydrogen-bond donors (Lipinski definition) is 1. The lowest BCUT2D eigenvalue weighted by atomic mass is 10.2. The fourth-order valence-electron chi connectivity index (χ4n) is 2.34. The summed E-state index contributed by atoms with van der Waals surface area (Å²) in [6.45, 7) is 4.06. The van der Waals surface area contributed by atoms with E-state index in [4.69, 9.17) is 5.11 Å². The van der Waals surface area contributed by atoms with Crippen LogP contribution in [-0.4, -0.2) is 35.6 Å². The molecule has 3 unspecified atom stereocenters. The minimum atomic E-state index is 0.182. The molecule has 0 aromatic rings. The average Bonchev–Trinajstić information content (AvgIpc) is 2.67. The Kier molecular flexibility index (Phi) is 1.83. The zero-order chi connectivity index (χ0) is 8.72. The van der Waals surface area contributed by atoms with Crippen LogP contribution in [0.1, 0.15) is 13.3 Å². The lowest BCUT2D eigenvalue weighted by Crippen LogP contribution is -2.31. The molecule has 2 fully saturated rings. The second-order valence-electron chi connectivity index (χ2n) is 3.82. The summed E-state index contributed by atoms with van der Waals surface area (Å²) in [6, 6.07) is 0. The minimum Gasteiger partial charge on any atom is -0.396 e. The maximum Gasteiger partial charge on any atom is 0.226 e. The van der Waals surface area contributed by atoms with Gasteiger partial charge < -0.3 is 10.0 Å². The first-order valence-electron chi connectivity index (χ1n) is 4.69. The number of likely N-dealkylation sites (tertiary alicyclic amines) is 1. The second kappa shape index (κ2) is 2.73. The molecule has 3 nitrogen and oxygen atoms in total. The first-order chi connectivity index (χ1) is 5.79. The summed E-state index contributed by atoms with van der Waals surface area (Å²) in [7, 11) is 0. The Balaban J connectivity index is 1.92. The molecule has 0 aromatic heterocycles. The topological polar surface area (TPSA) is 40.5 Å². The van der Waals surface area contributed by atoms with Crippen molar-refractivity contribution in [2.24, 2.45) is 17.8 Å². The number of nitrogens with zero attached hydrogens (tertiary/aromatic N) is 1. The van der Waals surface area contributed by atoms with Crippen LogP contribution in [0, 0.1) is 17.8 Å². The van der Waals surface area contributed by atoms with E-state index in [1.54, 1.807) is 0 Å². The molecule has 2 rings (SSSR count). The molecule has 1 aliphatic carbocycles. The van der Waals surface area contributed by atoms with Gasteiger partial charge in [-0.2, -0.15) is 0 Å². The van der Waals surface area contributed by atoms with Gasteiger partial charge in [0.15, 0.2) is 0 Å². The Morgan fingerprint density at radius 1 is 1.67 bits per heavy atom. The van der Waals surface area contributed by atoms with Crippen LogP contribution in [0.3, 0.4) is 0 Å². The van der Waals surface area contributed by atoms with Crippen LogP contribution in [0.2, 0.25) is 0 Å². The van der Waals surface area contributed by atoms with Crippen LogP contribution in [0.4, 0.5) is 0 Å². The van der Waals surface area contributed by atoms with E-state index in [-0.39, 0.29) is 18.4 Å². The van der Waals surface area contributed by atoms with Crippen LogP contribution in [-0.2, 0) is 4.79 Å². The molecule has 0 radical (unpaired) electrons. The highest BCUT2D eigenvalue weighted by atomic mass is 16.3.